The number of aliphatic carboxylic acids is 1. The van der Waals surface area contributed by atoms with Crippen molar-refractivity contribution in [1.82, 2.24) is 4.81 Å². The fourth-order valence-corrected chi connectivity index (χ4v) is 4.16. The fraction of sp³-hybridized carbons (Fsp3) is 0.792. The lowest BCUT2D eigenvalue weighted by atomic mass is 9.71. The number of carbonyl (C=O) groups is 1. The summed E-state index contributed by atoms with van der Waals surface area (Å²) in [5.41, 5.74) is -1.69. The third kappa shape index (κ3) is 7.77. The standard InChI is InChI=1S/C24H44BNO2/c1-8-12-14-18-23(7,19-15-13-9-2)26(25)24(16-10-3,17-11-4)20-22(5,6)21(27)28/h10-11,16-17H,8-9,12-15,18-20H2,1-7H3,(H,27,28). The average Bonchev–Trinajstić information content (AvgIpc) is 2.61. The maximum Gasteiger partial charge on any atom is 0.309 e. The van der Waals surface area contributed by atoms with Gasteiger partial charge < -0.3 is 9.92 Å². The minimum absolute atomic E-state index is 0.183. The molecule has 160 valence electrons. The average molecular weight is 389 g/mol. The smallest absolute Gasteiger partial charge is 0.309 e. The summed E-state index contributed by atoms with van der Waals surface area (Å²) < 4.78 is 0. The number of rotatable bonds is 15. The molecular weight excluding hydrogens is 345 g/mol. The van der Waals surface area contributed by atoms with Gasteiger partial charge in [-0.25, -0.2) is 0 Å². The molecule has 0 aliphatic rings. The van der Waals surface area contributed by atoms with Gasteiger partial charge in [-0.15, -0.1) is 0 Å². The second-order valence-corrected chi connectivity index (χ2v) is 9.14. The molecule has 1 N–H and O–H groups in total. The Balaban J connectivity index is 6.08. The van der Waals surface area contributed by atoms with Crippen molar-refractivity contribution < 1.29 is 9.90 Å². The summed E-state index contributed by atoms with van der Waals surface area (Å²) in [6.45, 7) is 14.2. The summed E-state index contributed by atoms with van der Waals surface area (Å²) in [5.74, 6) is -0.794. The Morgan fingerprint density at radius 3 is 1.68 bits per heavy atom. The summed E-state index contributed by atoms with van der Waals surface area (Å²) in [7, 11) is 6.91. The van der Waals surface area contributed by atoms with E-state index in [4.69, 9.17) is 7.98 Å². The van der Waals surface area contributed by atoms with Crippen LogP contribution < -0.4 is 0 Å². The van der Waals surface area contributed by atoms with Crippen LogP contribution in [0, 0.1) is 5.41 Å². The number of carboxylic acid groups (broad SMARTS) is 1. The number of carboxylic acids is 1. The molecule has 2 radical (unpaired) electrons. The van der Waals surface area contributed by atoms with Gasteiger partial charge in [-0.3, -0.25) is 4.79 Å². The van der Waals surface area contributed by atoms with Crippen LogP contribution in [0.1, 0.15) is 106 Å². The molecule has 0 aliphatic heterocycles. The highest BCUT2D eigenvalue weighted by Crippen LogP contribution is 2.40. The maximum absolute atomic E-state index is 11.9. The fourth-order valence-electron chi connectivity index (χ4n) is 4.16. The highest BCUT2D eigenvalue weighted by atomic mass is 16.4. The molecule has 0 saturated carbocycles. The van der Waals surface area contributed by atoms with Crippen LogP contribution in [0.2, 0.25) is 0 Å². The largest absolute Gasteiger partial charge is 0.481 e. The van der Waals surface area contributed by atoms with E-state index in [-0.39, 0.29) is 5.54 Å². The first-order chi connectivity index (χ1) is 13.0. The molecule has 0 unspecified atom stereocenters. The van der Waals surface area contributed by atoms with E-state index in [2.05, 4.69) is 32.9 Å². The van der Waals surface area contributed by atoms with Gasteiger partial charge in [0, 0.05) is 11.1 Å². The third-order valence-corrected chi connectivity index (χ3v) is 5.88. The van der Waals surface area contributed by atoms with Crippen LogP contribution in [0.4, 0.5) is 0 Å². The molecule has 4 heteroatoms. The Bertz CT molecular complexity index is 489. The number of hydrogen-bond acceptors (Lipinski definition) is 2. The van der Waals surface area contributed by atoms with E-state index in [1.807, 2.05) is 30.8 Å². The van der Waals surface area contributed by atoms with Crippen molar-refractivity contribution in [2.24, 2.45) is 5.41 Å². The van der Waals surface area contributed by atoms with Crippen molar-refractivity contribution in [3.63, 3.8) is 0 Å². The molecule has 0 heterocycles. The molecule has 0 aromatic rings. The molecule has 0 amide bonds. The summed E-state index contributed by atoms with van der Waals surface area (Å²) >= 11 is 0. The molecule has 0 aromatic heterocycles. The maximum atomic E-state index is 11.9. The third-order valence-electron chi connectivity index (χ3n) is 5.88. The molecule has 0 spiro atoms. The lowest BCUT2D eigenvalue weighted by Crippen LogP contribution is -2.58. The SMILES string of the molecule is [B]N(C(C=CC)(C=CC)CC(C)(C)C(=O)O)C(C)(CCCCC)CCCCC. The van der Waals surface area contributed by atoms with Crippen molar-refractivity contribution in [2.45, 2.75) is 117 Å². The van der Waals surface area contributed by atoms with Crippen LogP contribution in [0.3, 0.4) is 0 Å². The highest BCUT2D eigenvalue weighted by Gasteiger charge is 2.44. The zero-order valence-electron chi connectivity index (χ0n) is 19.6. The molecule has 3 nitrogen and oxygen atoms in total. The lowest BCUT2D eigenvalue weighted by molar-refractivity contribution is -0.148. The zero-order valence-corrected chi connectivity index (χ0v) is 19.6. The Morgan fingerprint density at radius 2 is 1.36 bits per heavy atom. The zero-order chi connectivity index (χ0) is 21.8. The van der Waals surface area contributed by atoms with E-state index >= 15 is 0 Å². The predicted octanol–water partition coefficient (Wildman–Crippen LogP) is 6.68. The quantitative estimate of drug-likeness (QED) is 0.193. The van der Waals surface area contributed by atoms with Crippen LogP contribution >= 0.6 is 0 Å². The van der Waals surface area contributed by atoms with Gasteiger partial charge >= 0.3 is 5.97 Å². The van der Waals surface area contributed by atoms with Gasteiger partial charge in [0.2, 0.25) is 0 Å². The van der Waals surface area contributed by atoms with Crippen LogP contribution in [-0.4, -0.2) is 34.9 Å². The second-order valence-electron chi connectivity index (χ2n) is 9.14. The van der Waals surface area contributed by atoms with Gasteiger partial charge in [-0.1, -0.05) is 76.7 Å². The van der Waals surface area contributed by atoms with E-state index < -0.39 is 16.9 Å². The van der Waals surface area contributed by atoms with Gasteiger partial charge in [0.1, 0.15) is 0 Å². The van der Waals surface area contributed by atoms with E-state index in [1.54, 1.807) is 13.8 Å². The molecule has 0 bridgehead atoms. The minimum Gasteiger partial charge on any atom is -0.481 e. The number of unbranched alkanes of at least 4 members (excludes halogenated alkanes) is 4. The van der Waals surface area contributed by atoms with Crippen LogP contribution in [-0.2, 0) is 4.79 Å². The monoisotopic (exact) mass is 389 g/mol. The summed E-state index contributed by atoms with van der Waals surface area (Å²) in [5, 5.41) is 9.76. The first kappa shape index (κ1) is 27.0. The normalized spacial score (nSPS) is 15.6. The topological polar surface area (TPSA) is 40.5 Å². The van der Waals surface area contributed by atoms with E-state index in [9.17, 15) is 9.90 Å². The van der Waals surface area contributed by atoms with E-state index in [1.165, 1.54) is 25.7 Å². The molecule has 0 rings (SSSR count). The summed E-state index contributed by atoms with van der Waals surface area (Å²) in [6, 6.07) is 0. The van der Waals surface area contributed by atoms with Crippen molar-refractivity contribution in [1.29, 1.82) is 0 Å². The van der Waals surface area contributed by atoms with Gasteiger partial charge in [0.05, 0.1) is 5.41 Å². The molecule has 0 fully saturated rings. The van der Waals surface area contributed by atoms with Crippen molar-refractivity contribution in [3.8, 4) is 0 Å². The Labute approximate surface area is 176 Å². The Kier molecular flexibility index (Phi) is 12.1. The van der Waals surface area contributed by atoms with Crippen molar-refractivity contribution >= 4 is 14.0 Å². The number of allylic oxidation sites excluding steroid dienone is 2. The summed E-state index contributed by atoms with van der Waals surface area (Å²) in [4.78, 5) is 13.9. The first-order valence-corrected chi connectivity index (χ1v) is 11.1. The first-order valence-electron chi connectivity index (χ1n) is 11.1. The molecule has 0 aliphatic carbocycles. The van der Waals surface area contributed by atoms with E-state index in [0.29, 0.717) is 6.42 Å². The van der Waals surface area contributed by atoms with Gasteiger partial charge in [-0.05, 0) is 53.9 Å². The molecule has 0 aromatic carbocycles. The van der Waals surface area contributed by atoms with Gasteiger partial charge in [0.25, 0.3) is 0 Å². The highest BCUT2D eigenvalue weighted by molar-refractivity contribution is 6.06. The lowest BCUT2D eigenvalue weighted by Gasteiger charge is -2.52. The Hall–Kier alpha value is -1.03. The minimum atomic E-state index is -0.885. The second kappa shape index (κ2) is 12.5. The molecule has 28 heavy (non-hydrogen) atoms. The molecular formula is C24H44BNO2. The van der Waals surface area contributed by atoms with Gasteiger partial charge in [-0.2, -0.15) is 0 Å². The van der Waals surface area contributed by atoms with Crippen LogP contribution in [0.25, 0.3) is 0 Å². The summed E-state index contributed by atoms with van der Waals surface area (Å²) in [6.07, 6.45) is 17.6. The molecule has 0 saturated heterocycles. The molecule has 0 atom stereocenters. The Morgan fingerprint density at radius 1 is 0.929 bits per heavy atom. The van der Waals surface area contributed by atoms with Crippen LogP contribution in [0.5, 0.6) is 0 Å². The van der Waals surface area contributed by atoms with Crippen molar-refractivity contribution in [3.05, 3.63) is 24.3 Å². The number of hydrogen-bond donors (Lipinski definition) is 1. The van der Waals surface area contributed by atoms with E-state index in [0.717, 1.165) is 25.7 Å². The van der Waals surface area contributed by atoms with Gasteiger partial charge in [0.15, 0.2) is 7.98 Å². The predicted molar refractivity (Wildman–Crippen MR) is 123 cm³/mol. The van der Waals surface area contributed by atoms with Crippen LogP contribution in [0.15, 0.2) is 24.3 Å². The van der Waals surface area contributed by atoms with Crippen molar-refractivity contribution in [2.75, 3.05) is 0 Å². The number of nitrogens with zero attached hydrogens (tertiary/aromatic N) is 1.